The summed E-state index contributed by atoms with van der Waals surface area (Å²) in [7, 11) is 2.07. The van der Waals surface area contributed by atoms with Gasteiger partial charge in [-0.2, -0.15) is 0 Å². The Morgan fingerprint density at radius 1 is 1.33 bits per heavy atom. The van der Waals surface area contributed by atoms with E-state index < -0.39 is 0 Å². The molecule has 0 saturated heterocycles. The van der Waals surface area contributed by atoms with Crippen molar-refractivity contribution in [3.8, 4) is 0 Å². The zero-order valence-electron chi connectivity index (χ0n) is 10.6. The summed E-state index contributed by atoms with van der Waals surface area (Å²) < 4.78 is 5.84. The van der Waals surface area contributed by atoms with Crippen LogP contribution in [0.25, 0.3) is 0 Å². The molecule has 1 N–H and O–H groups in total. The van der Waals surface area contributed by atoms with Gasteiger partial charge >= 0.3 is 0 Å². The van der Waals surface area contributed by atoms with Crippen LogP contribution in [0.5, 0.6) is 0 Å². The van der Waals surface area contributed by atoms with E-state index >= 15 is 0 Å². The molecule has 1 aliphatic rings. The minimum atomic E-state index is 0.419. The Balaban J connectivity index is 2.36. The lowest BCUT2D eigenvalue weighted by Crippen LogP contribution is -2.43. The molecule has 15 heavy (non-hydrogen) atoms. The van der Waals surface area contributed by atoms with Gasteiger partial charge in [0.2, 0.25) is 0 Å². The number of nitrogens with one attached hydrogen (secondary N) is 1. The standard InChI is InChI=1S/C13H27NO/c1-4-5-10-15-11-13(12(2)14-3)8-6-7-9-13/h12,14H,4-11H2,1-3H3. The smallest absolute Gasteiger partial charge is 0.0537 e. The van der Waals surface area contributed by atoms with Crippen LogP contribution >= 0.6 is 0 Å². The Morgan fingerprint density at radius 3 is 2.53 bits per heavy atom. The van der Waals surface area contributed by atoms with Crippen LogP contribution in [-0.4, -0.2) is 26.3 Å². The van der Waals surface area contributed by atoms with Gasteiger partial charge in [0.1, 0.15) is 0 Å². The predicted octanol–water partition coefficient (Wildman–Crippen LogP) is 2.97. The summed E-state index contributed by atoms with van der Waals surface area (Å²) in [6.45, 7) is 6.41. The van der Waals surface area contributed by atoms with Gasteiger partial charge in [-0.1, -0.05) is 26.2 Å². The van der Waals surface area contributed by atoms with Gasteiger partial charge in [-0.3, -0.25) is 0 Å². The monoisotopic (exact) mass is 213 g/mol. The molecule has 0 amide bonds. The highest BCUT2D eigenvalue weighted by Crippen LogP contribution is 2.41. The number of unbranched alkanes of at least 4 members (excludes halogenated alkanes) is 1. The van der Waals surface area contributed by atoms with Gasteiger partial charge in [-0.25, -0.2) is 0 Å². The van der Waals surface area contributed by atoms with Crippen LogP contribution < -0.4 is 5.32 Å². The molecule has 0 radical (unpaired) electrons. The molecule has 1 fully saturated rings. The summed E-state index contributed by atoms with van der Waals surface area (Å²) in [4.78, 5) is 0. The van der Waals surface area contributed by atoms with Crippen molar-refractivity contribution in [1.29, 1.82) is 0 Å². The second-order valence-corrected chi connectivity index (χ2v) is 4.99. The second-order valence-electron chi connectivity index (χ2n) is 4.99. The number of hydrogen-bond acceptors (Lipinski definition) is 2. The third-order valence-electron chi connectivity index (χ3n) is 3.98. The van der Waals surface area contributed by atoms with Crippen molar-refractivity contribution in [3.63, 3.8) is 0 Å². The first-order valence-electron chi connectivity index (χ1n) is 6.50. The molecule has 1 aliphatic carbocycles. The summed E-state index contributed by atoms with van der Waals surface area (Å²) in [6, 6.07) is 0.585. The minimum absolute atomic E-state index is 0.419. The fourth-order valence-electron chi connectivity index (χ4n) is 2.61. The van der Waals surface area contributed by atoms with Gasteiger partial charge in [0, 0.05) is 18.1 Å². The SMILES string of the molecule is CCCCOCC1(C(C)NC)CCCC1. The van der Waals surface area contributed by atoms with E-state index in [2.05, 4.69) is 26.2 Å². The molecule has 0 bridgehead atoms. The van der Waals surface area contributed by atoms with Crippen LogP contribution in [0.2, 0.25) is 0 Å². The Hall–Kier alpha value is -0.0800. The van der Waals surface area contributed by atoms with Crippen LogP contribution in [0.4, 0.5) is 0 Å². The molecule has 0 aromatic carbocycles. The highest BCUT2D eigenvalue weighted by molar-refractivity contribution is 4.92. The third kappa shape index (κ3) is 3.46. The molecule has 90 valence electrons. The van der Waals surface area contributed by atoms with E-state index in [1.807, 2.05) is 0 Å². The van der Waals surface area contributed by atoms with E-state index in [1.54, 1.807) is 0 Å². The van der Waals surface area contributed by atoms with Crippen LogP contribution in [0.1, 0.15) is 52.4 Å². The molecule has 0 heterocycles. The van der Waals surface area contributed by atoms with E-state index in [0.717, 1.165) is 13.2 Å². The summed E-state index contributed by atoms with van der Waals surface area (Å²) in [5.41, 5.74) is 0.419. The fraction of sp³-hybridized carbons (Fsp3) is 1.00. The third-order valence-corrected chi connectivity index (χ3v) is 3.98. The summed E-state index contributed by atoms with van der Waals surface area (Å²) >= 11 is 0. The van der Waals surface area contributed by atoms with Crippen molar-refractivity contribution in [2.24, 2.45) is 5.41 Å². The average Bonchev–Trinajstić information content (AvgIpc) is 2.73. The average molecular weight is 213 g/mol. The van der Waals surface area contributed by atoms with E-state index in [9.17, 15) is 0 Å². The van der Waals surface area contributed by atoms with Crippen molar-refractivity contribution < 1.29 is 4.74 Å². The number of ether oxygens (including phenoxy) is 1. The first kappa shape index (κ1) is 13.0. The van der Waals surface area contributed by atoms with E-state index in [1.165, 1.54) is 38.5 Å². The maximum absolute atomic E-state index is 5.84. The predicted molar refractivity (Wildman–Crippen MR) is 65.1 cm³/mol. The largest absolute Gasteiger partial charge is 0.381 e. The molecule has 1 atom stereocenters. The molecule has 0 aromatic rings. The maximum Gasteiger partial charge on any atom is 0.0537 e. The highest BCUT2D eigenvalue weighted by atomic mass is 16.5. The van der Waals surface area contributed by atoms with Crippen LogP contribution in [0.3, 0.4) is 0 Å². The highest BCUT2D eigenvalue weighted by Gasteiger charge is 2.38. The molecule has 2 heteroatoms. The van der Waals surface area contributed by atoms with Crippen molar-refractivity contribution in [1.82, 2.24) is 5.32 Å². The second kappa shape index (κ2) is 6.49. The first-order chi connectivity index (χ1) is 7.25. The lowest BCUT2D eigenvalue weighted by molar-refractivity contribution is 0.0267. The lowest BCUT2D eigenvalue weighted by atomic mass is 9.80. The number of rotatable bonds is 7. The molecular weight excluding hydrogens is 186 g/mol. The molecule has 1 unspecified atom stereocenters. The molecule has 0 aliphatic heterocycles. The van der Waals surface area contributed by atoms with E-state index in [0.29, 0.717) is 11.5 Å². The van der Waals surface area contributed by atoms with Crippen molar-refractivity contribution in [2.45, 2.75) is 58.4 Å². The van der Waals surface area contributed by atoms with E-state index in [-0.39, 0.29) is 0 Å². The number of hydrogen-bond donors (Lipinski definition) is 1. The van der Waals surface area contributed by atoms with Crippen molar-refractivity contribution >= 4 is 0 Å². The topological polar surface area (TPSA) is 21.3 Å². The van der Waals surface area contributed by atoms with Gasteiger partial charge in [0.05, 0.1) is 6.61 Å². The van der Waals surface area contributed by atoms with Crippen LogP contribution in [0.15, 0.2) is 0 Å². The van der Waals surface area contributed by atoms with Crippen LogP contribution in [-0.2, 0) is 4.74 Å². The van der Waals surface area contributed by atoms with Crippen molar-refractivity contribution in [3.05, 3.63) is 0 Å². The van der Waals surface area contributed by atoms with E-state index in [4.69, 9.17) is 4.74 Å². The zero-order chi connectivity index (χ0) is 11.1. The first-order valence-corrected chi connectivity index (χ1v) is 6.50. The Kier molecular flexibility index (Phi) is 5.62. The summed E-state index contributed by atoms with van der Waals surface area (Å²) in [5.74, 6) is 0. The normalized spacial score (nSPS) is 21.8. The quantitative estimate of drug-likeness (QED) is 0.656. The lowest BCUT2D eigenvalue weighted by Gasteiger charge is -2.35. The van der Waals surface area contributed by atoms with Crippen molar-refractivity contribution in [2.75, 3.05) is 20.3 Å². The fourth-order valence-corrected chi connectivity index (χ4v) is 2.61. The van der Waals surface area contributed by atoms with Gasteiger partial charge < -0.3 is 10.1 Å². The zero-order valence-corrected chi connectivity index (χ0v) is 10.6. The molecular formula is C13H27NO. The molecule has 0 spiro atoms. The maximum atomic E-state index is 5.84. The summed E-state index contributed by atoms with van der Waals surface area (Å²) in [6.07, 6.45) is 7.85. The van der Waals surface area contributed by atoms with Gasteiger partial charge in [0.15, 0.2) is 0 Å². The molecule has 0 aromatic heterocycles. The van der Waals surface area contributed by atoms with Crippen LogP contribution in [0, 0.1) is 5.41 Å². The molecule has 2 nitrogen and oxygen atoms in total. The Morgan fingerprint density at radius 2 is 2.00 bits per heavy atom. The van der Waals surface area contributed by atoms with Gasteiger partial charge in [-0.05, 0) is 33.2 Å². The molecule has 1 saturated carbocycles. The van der Waals surface area contributed by atoms with Gasteiger partial charge in [-0.15, -0.1) is 0 Å². The van der Waals surface area contributed by atoms with Gasteiger partial charge in [0.25, 0.3) is 0 Å². The molecule has 1 rings (SSSR count). The Labute approximate surface area is 94.8 Å². The minimum Gasteiger partial charge on any atom is -0.381 e. The summed E-state index contributed by atoms with van der Waals surface area (Å²) in [5, 5.41) is 3.41. The Bertz CT molecular complexity index is 164.